The highest BCUT2D eigenvalue weighted by molar-refractivity contribution is 6.42. The van der Waals surface area contributed by atoms with Crippen LogP contribution in [0.5, 0.6) is 0 Å². The number of carbonyl (C=O) groups excluding carboxylic acids is 1. The zero-order valence-electron chi connectivity index (χ0n) is 14.7. The molecule has 3 rings (SSSR count). The fourth-order valence-corrected chi connectivity index (χ4v) is 3.05. The molecular formula is C20H20Cl2N4O. The Kier molecular flexibility index (Phi) is 6.50. The molecule has 0 saturated heterocycles. The number of hydrogen-bond acceptors (Lipinski definition) is 3. The summed E-state index contributed by atoms with van der Waals surface area (Å²) in [6, 6.07) is 15.2. The lowest BCUT2D eigenvalue weighted by Gasteiger charge is -2.06. The van der Waals surface area contributed by atoms with E-state index in [0.717, 1.165) is 12.0 Å². The lowest BCUT2D eigenvalue weighted by Crippen LogP contribution is -2.25. The first kappa shape index (κ1) is 19.4. The van der Waals surface area contributed by atoms with E-state index in [0.29, 0.717) is 40.9 Å². The van der Waals surface area contributed by atoms with Crippen molar-refractivity contribution in [3.05, 3.63) is 75.9 Å². The molecule has 1 aromatic heterocycles. The van der Waals surface area contributed by atoms with E-state index in [4.69, 9.17) is 28.9 Å². The van der Waals surface area contributed by atoms with Gasteiger partial charge in [-0.05, 0) is 24.1 Å². The molecule has 0 aliphatic heterocycles. The van der Waals surface area contributed by atoms with Crippen molar-refractivity contribution >= 4 is 29.1 Å². The van der Waals surface area contributed by atoms with Crippen LogP contribution in [0.4, 0.5) is 0 Å². The predicted octanol–water partition coefficient (Wildman–Crippen LogP) is 3.79. The van der Waals surface area contributed by atoms with E-state index in [2.05, 4.69) is 10.4 Å². The monoisotopic (exact) mass is 402 g/mol. The summed E-state index contributed by atoms with van der Waals surface area (Å²) < 4.78 is 1.67. The van der Waals surface area contributed by atoms with Gasteiger partial charge in [0.2, 0.25) is 0 Å². The van der Waals surface area contributed by atoms with Gasteiger partial charge in [0.25, 0.3) is 5.91 Å². The summed E-state index contributed by atoms with van der Waals surface area (Å²) in [5.41, 5.74) is 8.56. The van der Waals surface area contributed by atoms with Gasteiger partial charge in [-0.2, -0.15) is 5.10 Å². The van der Waals surface area contributed by atoms with Crippen LogP contribution in [0.25, 0.3) is 11.3 Å². The van der Waals surface area contributed by atoms with Gasteiger partial charge >= 0.3 is 0 Å². The fraction of sp³-hybridized carbons (Fsp3) is 0.200. The van der Waals surface area contributed by atoms with E-state index in [1.54, 1.807) is 29.1 Å². The second kappa shape index (κ2) is 9.04. The van der Waals surface area contributed by atoms with Crippen molar-refractivity contribution in [2.75, 3.05) is 13.1 Å². The Morgan fingerprint density at radius 2 is 1.89 bits per heavy atom. The number of aromatic nitrogens is 2. The second-order valence-corrected chi connectivity index (χ2v) is 6.88. The van der Waals surface area contributed by atoms with Gasteiger partial charge in [0.05, 0.1) is 22.2 Å². The van der Waals surface area contributed by atoms with Crippen LogP contribution >= 0.6 is 23.2 Å². The number of amides is 1. The Balaban J connectivity index is 1.80. The van der Waals surface area contributed by atoms with Crippen LogP contribution in [0, 0.1) is 0 Å². The van der Waals surface area contributed by atoms with Crippen molar-refractivity contribution in [3.63, 3.8) is 0 Å². The highest BCUT2D eigenvalue weighted by Crippen LogP contribution is 2.29. The molecule has 27 heavy (non-hydrogen) atoms. The van der Waals surface area contributed by atoms with E-state index in [-0.39, 0.29) is 5.91 Å². The molecule has 0 saturated carbocycles. The van der Waals surface area contributed by atoms with Crippen molar-refractivity contribution in [2.45, 2.75) is 13.0 Å². The maximum Gasteiger partial charge on any atom is 0.255 e. The van der Waals surface area contributed by atoms with Gasteiger partial charge in [-0.25, -0.2) is 0 Å². The molecule has 140 valence electrons. The summed E-state index contributed by atoms with van der Waals surface area (Å²) in [5.74, 6) is -0.185. The first-order valence-electron chi connectivity index (χ1n) is 8.63. The molecule has 0 fully saturated rings. The van der Waals surface area contributed by atoms with Crippen molar-refractivity contribution in [2.24, 2.45) is 5.73 Å². The molecule has 1 heterocycles. The zero-order valence-corrected chi connectivity index (χ0v) is 16.2. The first-order valence-corrected chi connectivity index (χ1v) is 9.39. The fourth-order valence-electron chi connectivity index (χ4n) is 2.75. The minimum Gasteiger partial charge on any atom is -0.352 e. The van der Waals surface area contributed by atoms with Crippen molar-refractivity contribution in [3.8, 4) is 11.3 Å². The molecular weight excluding hydrogens is 383 g/mol. The molecule has 0 unspecified atom stereocenters. The Labute approximate surface area is 168 Å². The molecule has 0 atom stereocenters. The van der Waals surface area contributed by atoms with Gasteiger partial charge in [0.1, 0.15) is 5.69 Å². The van der Waals surface area contributed by atoms with Crippen molar-refractivity contribution < 1.29 is 4.79 Å². The number of nitrogens with one attached hydrogen (secondary N) is 1. The van der Waals surface area contributed by atoms with Crippen LogP contribution in [0.2, 0.25) is 10.0 Å². The molecule has 1 amide bonds. The quantitative estimate of drug-likeness (QED) is 0.631. The lowest BCUT2D eigenvalue weighted by molar-refractivity contribution is 0.0954. The molecule has 5 nitrogen and oxygen atoms in total. The smallest absolute Gasteiger partial charge is 0.255 e. The molecule has 7 heteroatoms. The number of benzene rings is 2. The van der Waals surface area contributed by atoms with Gasteiger partial charge in [-0.3, -0.25) is 9.48 Å². The summed E-state index contributed by atoms with van der Waals surface area (Å²) in [5, 5.41) is 8.33. The first-order chi connectivity index (χ1) is 13.1. The van der Waals surface area contributed by atoms with Crippen LogP contribution in [-0.4, -0.2) is 28.8 Å². The largest absolute Gasteiger partial charge is 0.352 e. The molecule has 0 radical (unpaired) electrons. The van der Waals surface area contributed by atoms with Crippen LogP contribution in [-0.2, 0) is 13.0 Å². The van der Waals surface area contributed by atoms with Gasteiger partial charge in [0, 0.05) is 24.8 Å². The minimum atomic E-state index is -0.185. The van der Waals surface area contributed by atoms with E-state index >= 15 is 0 Å². The number of nitrogens with two attached hydrogens (primary N) is 1. The van der Waals surface area contributed by atoms with Gasteiger partial charge in [-0.15, -0.1) is 0 Å². The van der Waals surface area contributed by atoms with E-state index in [1.807, 2.05) is 30.3 Å². The molecule has 0 spiro atoms. The highest BCUT2D eigenvalue weighted by Gasteiger charge is 2.18. The molecule has 3 N–H and O–H groups in total. The Bertz CT molecular complexity index is 925. The summed E-state index contributed by atoms with van der Waals surface area (Å²) >= 11 is 12.1. The third kappa shape index (κ3) is 4.89. The number of nitrogens with zero attached hydrogens (tertiary/aromatic N) is 2. The average molecular weight is 403 g/mol. The molecule has 0 aliphatic rings. The summed E-state index contributed by atoms with van der Waals surface area (Å²) in [6.07, 6.45) is 2.47. The van der Waals surface area contributed by atoms with Crippen LogP contribution < -0.4 is 11.1 Å². The van der Waals surface area contributed by atoms with Crippen LogP contribution in [0.15, 0.2) is 54.7 Å². The third-order valence-electron chi connectivity index (χ3n) is 4.10. The van der Waals surface area contributed by atoms with Crippen molar-refractivity contribution in [1.82, 2.24) is 15.1 Å². The lowest BCUT2D eigenvalue weighted by atomic mass is 10.1. The minimum absolute atomic E-state index is 0.185. The molecule has 0 bridgehead atoms. The van der Waals surface area contributed by atoms with E-state index in [1.165, 1.54) is 5.56 Å². The topological polar surface area (TPSA) is 72.9 Å². The highest BCUT2D eigenvalue weighted by atomic mass is 35.5. The Morgan fingerprint density at radius 1 is 1.11 bits per heavy atom. The molecule has 0 aliphatic carbocycles. The van der Waals surface area contributed by atoms with E-state index in [9.17, 15) is 4.79 Å². The standard InChI is InChI=1S/C20H20Cl2N4O/c21-17-7-6-15(12-18(17)22)19-16(13-26(25-19)11-9-23)20(27)24-10-8-14-4-2-1-3-5-14/h1-7,12-13H,8-11,23H2,(H,24,27). The van der Waals surface area contributed by atoms with Crippen LogP contribution in [0.3, 0.4) is 0 Å². The number of carbonyl (C=O) groups is 1. The SMILES string of the molecule is NCCn1cc(C(=O)NCCc2ccccc2)c(-c2ccc(Cl)c(Cl)c2)n1. The van der Waals surface area contributed by atoms with Crippen LogP contribution in [0.1, 0.15) is 15.9 Å². The number of rotatable bonds is 7. The number of halogens is 2. The maximum atomic E-state index is 12.7. The normalized spacial score (nSPS) is 10.8. The maximum absolute atomic E-state index is 12.7. The summed E-state index contributed by atoms with van der Waals surface area (Å²) in [4.78, 5) is 12.7. The van der Waals surface area contributed by atoms with Gasteiger partial charge in [0.15, 0.2) is 0 Å². The second-order valence-electron chi connectivity index (χ2n) is 6.06. The molecule has 2 aromatic carbocycles. The summed E-state index contributed by atoms with van der Waals surface area (Å²) in [7, 11) is 0. The number of hydrogen-bond donors (Lipinski definition) is 2. The average Bonchev–Trinajstić information content (AvgIpc) is 3.09. The van der Waals surface area contributed by atoms with Gasteiger partial charge < -0.3 is 11.1 Å². The zero-order chi connectivity index (χ0) is 19.2. The Hall–Kier alpha value is -2.34. The van der Waals surface area contributed by atoms with Gasteiger partial charge in [-0.1, -0.05) is 59.6 Å². The third-order valence-corrected chi connectivity index (χ3v) is 4.84. The predicted molar refractivity (Wildman–Crippen MR) is 109 cm³/mol. The Morgan fingerprint density at radius 3 is 2.59 bits per heavy atom. The summed E-state index contributed by atoms with van der Waals surface area (Å²) in [6.45, 7) is 1.48. The molecule has 3 aromatic rings. The van der Waals surface area contributed by atoms with E-state index < -0.39 is 0 Å². The van der Waals surface area contributed by atoms with Crippen molar-refractivity contribution in [1.29, 1.82) is 0 Å².